The van der Waals surface area contributed by atoms with Crippen molar-refractivity contribution in [1.29, 1.82) is 5.26 Å². The number of nitrogens with one attached hydrogen (secondary N) is 1. The van der Waals surface area contributed by atoms with Crippen LogP contribution >= 0.6 is 0 Å². The largest absolute Gasteiger partial charge is 0.484 e. The Morgan fingerprint density at radius 3 is 2.60 bits per heavy atom. The predicted molar refractivity (Wildman–Crippen MR) is 71.1 cm³/mol. The molecule has 0 radical (unpaired) electrons. The van der Waals surface area contributed by atoms with Crippen molar-refractivity contribution in [3.05, 3.63) is 29.8 Å². The molecular weight excluding hydrogens is 260 g/mol. The molecule has 1 aromatic rings. The minimum absolute atomic E-state index is 0.0107. The van der Waals surface area contributed by atoms with Gasteiger partial charge < -0.3 is 15.2 Å². The van der Waals surface area contributed by atoms with Crippen molar-refractivity contribution in [3.8, 4) is 11.8 Å². The predicted octanol–water partition coefficient (Wildman–Crippen LogP) is 1.16. The highest BCUT2D eigenvalue weighted by atomic mass is 16.5. The molecule has 1 amide bonds. The zero-order valence-corrected chi connectivity index (χ0v) is 11.1. The van der Waals surface area contributed by atoms with Gasteiger partial charge in [0.1, 0.15) is 5.75 Å². The third-order valence-corrected chi connectivity index (χ3v) is 2.52. The molecule has 0 saturated heterocycles. The molecule has 1 unspecified atom stereocenters. The van der Waals surface area contributed by atoms with Crippen molar-refractivity contribution < 1.29 is 19.4 Å². The van der Waals surface area contributed by atoms with Gasteiger partial charge in [-0.1, -0.05) is 6.92 Å². The Kier molecular flexibility index (Phi) is 6.04. The highest BCUT2D eigenvalue weighted by molar-refractivity contribution is 5.77. The van der Waals surface area contributed by atoms with Crippen molar-refractivity contribution in [3.63, 3.8) is 0 Å². The maximum absolute atomic E-state index is 11.5. The third-order valence-electron chi connectivity index (χ3n) is 2.52. The van der Waals surface area contributed by atoms with Crippen LogP contribution in [0.5, 0.6) is 5.75 Å². The average Bonchev–Trinajstić information content (AvgIpc) is 2.42. The van der Waals surface area contributed by atoms with Crippen LogP contribution in [0.1, 0.15) is 18.9 Å². The Morgan fingerprint density at radius 2 is 2.05 bits per heavy atom. The van der Waals surface area contributed by atoms with Crippen LogP contribution in [0.3, 0.4) is 0 Å². The maximum atomic E-state index is 11.5. The molecule has 1 atom stereocenters. The number of nitrogens with zero attached hydrogens (tertiary/aromatic N) is 1. The first-order valence-electron chi connectivity index (χ1n) is 6.12. The lowest BCUT2D eigenvalue weighted by molar-refractivity contribution is -0.138. The van der Waals surface area contributed by atoms with Gasteiger partial charge in [-0.3, -0.25) is 9.59 Å². The lowest BCUT2D eigenvalue weighted by atomic mass is 10.1. The number of hydrogen-bond donors (Lipinski definition) is 2. The van der Waals surface area contributed by atoms with E-state index in [0.29, 0.717) is 17.9 Å². The summed E-state index contributed by atoms with van der Waals surface area (Å²) in [5.41, 5.74) is 0.518. The molecule has 0 aliphatic carbocycles. The van der Waals surface area contributed by atoms with Crippen LogP contribution in [0, 0.1) is 17.2 Å². The Hall–Kier alpha value is -2.55. The second-order valence-corrected chi connectivity index (χ2v) is 4.43. The molecule has 0 spiro atoms. The first kappa shape index (κ1) is 15.5. The molecule has 1 rings (SSSR count). The Labute approximate surface area is 117 Å². The second-order valence-electron chi connectivity index (χ2n) is 4.43. The number of aliphatic carboxylic acids is 1. The molecule has 0 aliphatic heterocycles. The lowest BCUT2D eigenvalue weighted by Crippen LogP contribution is -2.33. The fraction of sp³-hybridized carbons (Fsp3) is 0.357. The molecule has 0 aliphatic rings. The molecule has 20 heavy (non-hydrogen) atoms. The van der Waals surface area contributed by atoms with E-state index >= 15 is 0 Å². The van der Waals surface area contributed by atoms with Gasteiger partial charge in [-0.05, 0) is 30.2 Å². The normalized spacial score (nSPS) is 11.2. The van der Waals surface area contributed by atoms with Crippen LogP contribution in [-0.4, -0.2) is 30.1 Å². The maximum Gasteiger partial charge on any atom is 0.303 e. The van der Waals surface area contributed by atoms with E-state index in [2.05, 4.69) is 5.32 Å². The highest BCUT2D eigenvalue weighted by Gasteiger charge is 2.09. The van der Waals surface area contributed by atoms with Crippen LogP contribution in [0.15, 0.2) is 24.3 Å². The number of carbonyl (C=O) groups excluding carboxylic acids is 1. The summed E-state index contributed by atoms with van der Waals surface area (Å²) < 4.78 is 5.24. The smallest absolute Gasteiger partial charge is 0.303 e. The zero-order chi connectivity index (χ0) is 15.0. The van der Waals surface area contributed by atoms with Crippen LogP contribution < -0.4 is 10.1 Å². The highest BCUT2D eigenvalue weighted by Crippen LogP contribution is 2.11. The number of benzene rings is 1. The van der Waals surface area contributed by atoms with Gasteiger partial charge in [0, 0.05) is 13.0 Å². The van der Waals surface area contributed by atoms with Gasteiger partial charge in [0.15, 0.2) is 6.61 Å². The molecule has 0 fully saturated rings. The minimum Gasteiger partial charge on any atom is -0.484 e. The number of carbonyl (C=O) groups is 2. The van der Waals surface area contributed by atoms with Gasteiger partial charge in [-0.2, -0.15) is 5.26 Å². The van der Waals surface area contributed by atoms with Crippen molar-refractivity contribution >= 4 is 11.9 Å². The molecule has 0 aromatic heterocycles. The van der Waals surface area contributed by atoms with Gasteiger partial charge in [0.25, 0.3) is 5.91 Å². The van der Waals surface area contributed by atoms with E-state index in [1.165, 1.54) is 0 Å². The summed E-state index contributed by atoms with van der Waals surface area (Å²) in [4.78, 5) is 22.0. The number of ether oxygens (including phenoxy) is 1. The fourth-order valence-corrected chi connectivity index (χ4v) is 1.48. The Bertz CT molecular complexity index is 505. The van der Waals surface area contributed by atoms with E-state index in [4.69, 9.17) is 15.1 Å². The van der Waals surface area contributed by atoms with Gasteiger partial charge >= 0.3 is 5.97 Å². The van der Waals surface area contributed by atoms with E-state index in [9.17, 15) is 9.59 Å². The molecule has 2 N–H and O–H groups in total. The first-order chi connectivity index (χ1) is 9.51. The summed E-state index contributed by atoms with van der Waals surface area (Å²) in [7, 11) is 0. The van der Waals surface area contributed by atoms with Gasteiger partial charge in [0.05, 0.1) is 11.6 Å². The van der Waals surface area contributed by atoms with Crippen LogP contribution in [0.2, 0.25) is 0 Å². The topological polar surface area (TPSA) is 99.4 Å². The summed E-state index contributed by atoms with van der Waals surface area (Å²) in [5.74, 6) is -0.837. The quantitative estimate of drug-likeness (QED) is 0.778. The first-order valence-corrected chi connectivity index (χ1v) is 6.12. The SMILES string of the molecule is CC(CNC(=O)COc1ccc(C#N)cc1)CC(=O)O. The van der Waals surface area contributed by atoms with E-state index in [1.54, 1.807) is 31.2 Å². The molecule has 0 bridgehead atoms. The van der Waals surface area contributed by atoms with Crippen molar-refractivity contribution in [2.24, 2.45) is 5.92 Å². The zero-order valence-electron chi connectivity index (χ0n) is 11.1. The van der Waals surface area contributed by atoms with Gasteiger partial charge in [-0.15, -0.1) is 0 Å². The number of nitriles is 1. The average molecular weight is 276 g/mol. The summed E-state index contributed by atoms with van der Waals surface area (Å²) in [6, 6.07) is 8.40. The van der Waals surface area contributed by atoms with E-state index in [-0.39, 0.29) is 24.9 Å². The van der Waals surface area contributed by atoms with Crippen LogP contribution in [-0.2, 0) is 9.59 Å². The van der Waals surface area contributed by atoms with Gasteiger partial charge in [-0.25, -0.2) is 0 Å². The molecule has 6 heteroatoms. The van der Waals surface area contributed by atoms with Crippen molar-refractivity contribution in [2.45, 2.75) is 13.3 Å². The Balaban J connectivity index is 2.29. The number of amides is 1. The van der Waals surface area contributed by atoms with E-state index in [1.807, 2.05) is 6.07 Å². The summed E-state index contributed by atoms with van der Waals surface area (Å²) in [6.45, 7) is 1.89. The number of carboxylic acids is 1. The van der Waals surface area contributed by atoms with Crippen molar-refractivity contribution in [1.82, 2.24) is 5.32 Å². The standard InChI is InChI=1S/C14H16N2O4/c1-10(6-14(18)19)8-16-13(17)9-20-12-4-2-11(7-15)3-5-12/h2-5,10H,6,8-9H2,1H3,(H,16,17)(H,18,19). The van der Waals surface area contributed by atoms with Crippen molar-refractivity contribution in [2.75, 3.05) is 13.2 Å². The van der Waals surface area contributed by atoms with Crippen LogP contribution in [0.25, 0.3) is 0 Å². The molecular formula is C14H16N2O4. The van der Waals surface area contributed by atoms with Gasteiger partial charge in [0.2, 0.25) is 0 Å². The van der Waals surface area contributed by atoms with Crippen LogP contribution in [0.4, 0.5) is 0 Å². The van der Waals surface area contributed by atoms with E-state index in [0.717, 1.165) is 0 Å². The number of carboxylic acid groups (broad SMARTS) is 1. The molecule has 6 nitrogen and oxygen atoms in total. The lowest BCUT2D eigenvalue weighted by Gasteiger charge is -2.11. The molecule has 106 valence electrons. The second kappa shape index (κ2) is 7.79. The summed E-state index contributed by atoms with van der Waals surface area (Å²) >= 11 is 0. The third kappa shape index (κ3) is 5.87. The molecule has 1 aromatic carbocycles. The molecule has 0 saturated carbocycles. The summed E-state index contributed by atoms with van der Waals surface area (Å²) in [5, 5.41) is 19.8. The monoisotopic (exact) mass is 276 g/mol. The molecule has 0 heterocycles. The van der Waals surface area contributed by atoms with E-state index < -0.39 is 5.97 Å². The number of hydrogen-bond acceptors (Lipinski definition) is 4. The fourth-order valence-electron chi connectivity index (χ4n) is 1.48. The minimum atomic E-state index is -0.888. The number of rotatable bonds is 7. The Morgan fingerprint density at radius 1 is 1.40 bits per heavy atom. The summed E-state index contributed by atoms with van der Waals surface area (Å²) in [6.07, 6.45) is 0.0107.